The number of hydrogen-bond acceptors (Lipinski definition) is 4. The van der Waals surface area contributed by atoms with E-state index in [1.165, 1.54) is 6.07 Å². The number of Topliss-reactive ketones (excluding diaryl/α,β-unsaturated/α-hetero) is 1. The van der Waals surface area contributed by atoms with E-state index in [0.29, 0.717) is 12.4 Å². The van der Waals surface area contributed by atoms with Crippen molar-refractivity contribution in [2.24, 2.45) is 5.73 Å². The number of carbonyl (C=O) groups excluding carboxylic acids is 1. The highest BCUT2D eigenvalue weighted by Gasteiger charge is 2.15. The molecule has 0 saturated carbocycles. The number of benzene rings is 1. The normalized spacial score (nSPS) is 9.86. The lowest BCUT2D eigenvalue weighted by Crippen LogP contribution is -2.15. The molecule has 0 bridgehead atoms. The van der Waals surface area contributed by atoms with Crippen molar-refractivity contribution in [3.8, 4) is 11.5 Å². The van der Waals surface area contributed by atoms with E-state index in [4.69, 9.17) is 10.5 Å². The Hall–Kier alpha value is -1.55. The number of nitrogens with two attached hydrogens (primary N) is 1. The molecular weight excluding hydrogens is 182 g/mol. The van der Waals surface area contributed by atoms with Gasteiger partial charge in [-0.05, 0) is 19.1 Å². The van der Waals surface area contributed by atoms with E-state index in [9.17, 15) is 9.90 Å². The van der Waals surface area contributed by atoms with Crippen molar-refractivity contribution >= 4 is 5.78 Å². The van der Waals surface area contributed by atoms with Gasteiger partial charge in [-0.2, -0.15) is 0 Å². The highest BCUT2D eigenvalue weighted by Crippen LogP contribution is 2.27. The van der Waals surface area contributed by atoms with Crippen LogP contribution in [0.25, 0.3) is 0 Å². The first-order chi connectivity index (χ1) is 6.70. The molecule has 0 aliphatic heterocycles. The van der Waals surface area contributed by atoms with E-state index in [1.54, 1.807) is 19.1 Å². The first-order valence-corrected chi connectivity index (χ1v) is 4.38. The highest BCUT2D eigenvalue weighted by molar-refractivity contribution is 6.02. The lowest BCUT2D eigenvalue weighted by atomic mass is 10.1. The summed E-state index contributed by atoms with van der Waals surface area (Å²) in [5.74, 6) is -0.0408. The van der Waals surface area contributed by atoms with Crippen molar-refractivity contribution in [3.63, 3.8) is 0 Å². The van der Waals surface area contributed by atoms with Crippen LogP contribution in [0, 0.1) is 0 Å². The molecule has 0 radical (unpaired) electrons. The van der Waals surface area contributed by atoms with Crippen LogP contribution in [0.5, 0.6) is 11.5 Å². The summed E-state index contributed by atoms with van der Waals surface area (Å²) in [5, 5.41) is 9.46. The second-order valence-corrected chi connectivity index (χ2v) is 2.71. The van der Waals surface area contributed by atoms with Crippen LogP contribution in [-0.2, 0) is 0 Å². The van der Waals surface area contributed by atoms with Crippen LogP contribution in [0.2, 0.25) is 0 Å². The Morgan fingerprint density at radius 1 is 1.57 bits per heavy atom. The van der Waals surface area contributed by atoms with E-state index in [0.717, 1.165) is 0 Å². The number of rotatable bonds is 4. The maximum Gasteiger partial charge on any atom is 0.183 e. The van der Waals surface area contributed by atoms with Gasteiger partial charge in [0, 0.05) is 0 Å². The minimum Gasteiger partial charge on any atom is -0.507 e. The minimum atomic E-state index is -0.327. The lowest BCUT2D eigenvalue weighted by Gasteiger charge is -2.09. The molecule has 1 rings (SSSR count). The Morgan fingerprint density at radius 3 is 2.86 bits per heavy atom. The second-order valence-electron chi connectivity index (χ2n) is 2.71. The Morgan fingerprint density at radius 2 is 2.29 bits per heavy atom. The molecule has 0 unspecified atom stereocenters. The standard InChI is InChI=1S/C10H13NO3/c1-2-14-9-5-3-4-7(12)10(9)8(13)6-11/h3-5,12H,2,6,11H2,1H3. The first-order valence-electron chi connectivity index (χ1n) is 4.38. The molecule has 14 heavy (non-hydrogen) atoms. The molecule has 0 amide bonds. The van der Waals surface area contributed by atoms with E-state index in [1.807, 2.05) is 0 Å². The molecule has 1 aromatic carbocycles. The summed E-state index contributed by atoms with van der Waals surface area (Å²) in [7, 11) is 0. The van der Waals surface area contributed by atoms with Crippen LogP contribution in [0.1, 0.15) is 17.3 Å². The molecule has 0 spiro atoms. The van der Waals surface area contributed by atoms with Crippen molar-refractivity contribution in [2.75, 3.05) is 13.2 Å². The monoisotopic (exact) mass is 195 g/mol. The van der Waals surface area contributed by atoms with E-state index in [-0.39, 0.29) is 23.6 Å². The molecule has 0 aromatic heterocycles. The van der Waals surface area contributed by atoms with Gasteiger partial charge in [-0.3, -0.25) is 4.79 Å². The molecule has 1 aromatic rings. The summed E-state index contributed by atoms with van der Waals surface area (Å²) in [6.07, 6.45) is 0. The first kappa shape index (κ1) is 10.5. The quantitative estimate of drug-likeness (QED) is 0.701. The third-order valence-electron chi connectivity index (χ3n) is 1.77. The molecule has 3 N–H and O–H groups in total. The molecule has 0 heterocycles. The summed E-state index contributed by atoms with van der Waals surface area (Å²) in [6.45, 7) is 2.10. The number of carbonyl (C=O) groups is 1. The average Bonchev–Trinajstić information content (AvgIpc) is 2.18. The van der Waals surface area contributed by atoms with Gasteiger partial charge in [0.1, 0.15) is 17.1 Å². The number of hydrogen-bond donors (Lipinski definition) is 2. The number of ketones is 1. The molecular formula is C10H13NO3. The largest absolute Gasteiger partial charge is 0.507 e. The third-order valence-corrected chi connectivity index (χ3v) is 1.77. The Balaban J connectivity index is 3.15. The van der Waals surface area contributed by atoms with Crippen LogP contribution in [-0.4, -0.2) is 24.0 Å². The van der Waals surface area contributed by atoms with E-state index < -0.39 is 0 Å². The fraction of sp³-hybridized carbons (Fsp3) is 0.300. The van der Waals surface area contributed by atoms with Crippen LogP contribution >= 0.6 is 0 Å². The number of phenolic OH excluding ortho intramolecular Hbond substituents is 1. The second kappa shape index (κ2) is 4.62. The van der Waals surface area contributed by atoms with Crippen molar-refractivity contribution in [1.82, 2.24) is 0 Å². The zero-order valence-electron chi connectivity index (χ0n) is 7.99. The van der Waals surface area contributed by atoms with Gasteiger partial charge in [0.2, 0.25) is 0 Å². The van der Waals surface area contributed by atoms with Crippen molar-refractivity contribution < 1.29 is 14.6 Å². The van der Waals surface area contributed by atoms with Gasteiger partial charge in [-0.1, -0.05) is 6.07 Å². The van der Waals surface area contributed by atoms with Crippen LogP contribution in [0.4, 0.5) is 0 Å². The van der Waals surface area contributed by atoms with Crippen LogP contribution in [0.3, 0.4) is 0 Å². The smallest absolute Gasteiger partial charge is 0.183 e. The van der Waals surface area contributed by atoms with Crippen LogP contribution in [0.15, 0.2) is 18.2 Å². The molecule has 0 aliphatic rings. The fourth-order valence-corrected chi connectivity index (χ4v) is 1.18. The van der Waals surface area contributed by atoms with Crippen molar-refractivity contribution in [3.05, 3.63) is 23.8 Å². The van der Waals surface area contributed by atoms with E-state index in [2.05, 4.69) is 0 Å². The van der Waals surface area contributed by atoms with Gasteiger partial charge >= 0.3 is 0 Å². The third kappa shape index (κ3) is 2.03. The summed E-state index contributed by atoms with van der Waals surface area (Å²) < 4.78 is 5.20. The maximum atomic E-state index is 11.4. The number of ether oxygens (including phenoxy) is 1. The Labute approximate surface area is 82.3 Å². The summed E-state index contributed by atoms with van der Waals surface area (Å²) in [4.78, 5) is 11.4. The molecule has 0 aliphatic carbocycles. The minimum absolute atomic E-state index is 0.0913. The molecule has 4 nitrogen and oxygen atoms in total. The fourth-order valence-electron chi connectivity index (χ4n) is 1.18. The van der Waals surface area contributed by atoms with Gasteiger partial charge in [-0.15, -0.1) is 0 Å². The van der Waals surface area contributed by atoms with Gasteiger partial charge in [0.25, 0.3) is 0 Å². The van der Waals surface area contributed by atoms with E-state index >= 15 is 0 Å². The summed E-state index contributed by atoms with van der Waals surface area (Å²) in [5.41, 5.74) is 5.39. The predicted molar refractivity (Wildman–Crippen MR) is 52.7 cm³/mol. The maximum absolute atomic E-state index is 11.4. The van der Waals surface area contributed by atoms with Crippen molar-refractivity contribution in [2.45, 2.75) is 6.92 Å². The molecule has 0 atom stereocenters. The van der Waals surface area contributed by atoms with Gasteiger partial charge < -0.3 is 15.6 Å². The van der Waals surface area contributed by atoms with Gasteiger partial charge in [0.05, 0.1) is 13.2 Å². The molecule has 76 valence electrons. The van der Waals surface area contributed by atoms with Crippen LogP contribution < -0.4 is 10.5 Å². The topological polar surface area (TPSA) is 72.5 Å². The predicted octanol–water partition coefficient (Wildman–Crippen LogP) is 0.932. The lowest BCUT2D eigenvalue weighted by molar-refractivity contribution is 0.0995. The average molecular weight is 195 g/mol. The molecule has 4 heteroatoms. The number of phenols is 1. The van der Waals surface area contributed by atoms with Gasteiger partial charge in [0.15, 0.2) is 5.78 Å². The van der Waals surface area contributed by atoms with Crippen molar-refractivity contribution in [1.29, 1.82) is 0 Å². The van der Waals surface area contributed by atoms with Gasteiger partial charge in [-0.25, -0.2) is 0 Å². The summed E-state index contributed by atoms with van der Waals surface area (Å²) >= 11 is 0. The summed E-state index contributed by atoms with van der Waals surface area (Å²) in [6, 6.07) is 4.69. The Bertz CT molecular complexity index is 336. The molecule has 0 fully saturated rings. The number of aromatic hydroxyl groups is 1. The zero-order valence-corrected chi connectivity index (χ0v) is 7.99. The molecule has 0 saturated heterocycles. The zero-order chi connectivity index (χ0) is 10.6. The highest BCUT2D eigenvalue weighted by atomic mass is 16.5. The SMILES string of the molecule is CCOc1cccc(O)c1C(=O)CN. The Kier molecular flexibility index (Phi) is 3.48.